The van der Waals surface area contributed by atoms with Crippen LogP contribution in [0.4, 0.5) is 0 Å². The zero-order valence-electron chi connectivity index (χ0n) is 11.2. The smallest absolute Gasteiger partial charge is 0.197 e. The second-order valence-electron chi connectivity index (χ2n) is 4.68. The predicted molar refractivity (Wildman–Crippen MR) is 74.0 cm³/mol. The molecule has 0 saturated heterocycles. The molecule has 1 aliphatic heterocycles. The average molecular weight is 269 g/mol. The summed E-state index contributed by atoms with van der Waals surface area (Å²) in [4.78, 5) is 16.6. The summed E-state index contributed by atoms with van der Waals surface area (Å²) in [6.45, 7) is 0.560. The Balaban J connectivity index is 1.95. The van der Waals surface area contributed by atoms with Gasteiger partial charge in [0.2, 0.25) is 0 Å². The van der Waals surface area contributed by atoms with Gasteiger partial charge >= 0.3 is 0 Å². The Morgan fingerprint density at radius 1 is 1.35 bits per heavy atom. The van der Waals surface area contributed by atoms with Gasteiger partial charge in [0.1, 0.15) is 11.9 Å². The van der Waals surface area contributed by atoms with E-state index < -0.39 is 6.10 Å². The molecule has 0 N–H and O–H groups in total. The standard InChI is InChI=1S/C16H15NO3/c1-19-13-8-12(9-17-10-13)15(18)16-14-5-3-2-4-11(14)6-7-20-16/h2-5,8-10,16H,6-7H2,1H3. The SMILES string of the molecule is COc1cncc(C(=O)C2OCCc3ccccc32)c1. The molecule has 3 rings (SSSR count). The number of fused-ring (bicyclic) bond motifs is 1. The summed E-state index contributed by atoms with van der Waals surface area (Å²) < 4.78 is 10.8. The van der Waals surface area contributed by atoms with E-state index in [-0.39, 0.29) is 5.78 Å². The van der Waals surface area contributed by atoms with Crippen molar-refractivity contribution >= 4 is 5.78 Å². The summed E-state index contributed by atoms with van der Waals surface area (Å²) in [6.07, 6.45) is 3.42. The van der Waals surface area contributed by atoms with Crippen LogP contribution in [0.3, 0.4) is 0 Å². The summed E-state index contributed by atoms with van der Waals surface area (Å²) in [6, 6.07) is 9.60. The lowest BCUT2D eigenvalue weighted by molar-refractivity contribution is 0.0348. The topological polar surface area (TPSA) is 48.4 Å². The lowest BCUT2D eigenvalue weighted by Gasteiger charge is -2.25. The van der Waals surface area contributed by atoms with Crippen molar-refractivity contribution in [2.75, 3.05) is 13.7 Å². The van der Waals surface area contributed by atoms with E-state index >= 15 is 0 Å². The highest BCUT2D eigenvalue weighted by Gasteiger charge is 2.28. The minimum atomic E-state index is -0.547. The number of aromatic nitrogens is 1. The third-order valence-corrected chi connectivity index (χ3v) is 3.46. The molecule has 0 saturated carbocycles. The maximum Gasteiger partial charge on any atom is 0.197 e. The van der Waals surface area contributed by atoms with Crippen LogP contribution in [0.25, 0.3) is 0 Å². The summed E-state index contributed by atoms with van der Waals surface area (Å²) in [5.41, 5.74) is 2.63. The van der Waals surface area contributed by atoms with E-state index in [0.29, 0.717) is 17.9 Å². The number of hydrogen-bond acceptors (Lipinski definition) is 4. The molecule has 2 heterocycles. The van der Waals surface area contributed by atoms with Gasteiger partial charge in [-0.3, -0.25) is 9.78 Å². The first kappa shape index (κ1) is 12.8. The molecule has 4 heteroatoms. The maximum absolute atomic E-state index is 12.6. The van der Waals surface area contributed by atoms with E-state index in [0.717, 1.165) is 12.0 Å². The van der Waals surface area contributed by atoms with Gasteiger partial charge in [0, 0.05) is 11.8 Å². The Kier molecular flexibility index (Phi) is 3.48. The average Bonchev–Trinajstić information content (AvgIpc) is 2.53. The second kappa shape index (κ2) is 5.43. The molecule has 1 aliphatic rings. The van der Waals surface area contributed by atoms with Gasteiger partial charge in [0.25, 0.3) is 0 Å². The Labute approximate surface area is 117 Å². The molecule has 0 radical (unpaired) electrons. The molecule has 1 unspecified atom stereocenters. The fourth-order valence-corrected chi connectivity index (χ4v) is 2.43. The van der Waals surface area contributed by atoms with Crippen LogP contribution in [0.2, 0.25) is 0 Å². The van der Waals surface area contributed by atoms with E-state index in [1.807, 2.05) is 24.3 Å². The molecule has 102 valence electrons. The van der Waals surface area contributed by atoms with Crippen LogP contribution in [-0.4, -0.2) is 24.5 Å². The van der Waals surface area contributed by atoms with Gasteiger partial charge in [0.15, 0.2) is 5.78 Å². The van der Waals surface area contributed by atoms with Crippen LogP contribution in [0, 0.1) is 0 Å². The number of hydrogen-bond donors (Lipinski definition) is 0. The number of rotatable bonds is 3. The minimum Gasteiger partial charge on any atom is -0.495 e. The van der Waals surface area contributed by atoms with Crippen LogP contribution in [-0.2, 0) is 11.2 Å². The van der Waals surface area contributed by atoms with Gasteiger partial charge < -0.3 is 9.47 Å². The van der Waals surface area contributed by atoms with Gasteiger partial charge in [0.05, 0.1) is 19.9 Å². The lowest BCUT2D eigenvalue weighted by Crippen LogP contribution is -2.23. The normalized spacial score (nSPS) is 17.4. The number of methoxy groups -OCH3 is 1. The fraction of sp³-hybridized carbons (Fsp3) is 0.250. The molecule has 0 aliphatic carbocycles. The molecule has 4 nitrogen and oxygen atoms in total. The molecule has 0 spiro atoms. The zero-order valence-corrected chi connectivity index (χ0v) is 11.2. The number of pyridine rings is 1. The molecule has 1 aromatic carbocycles. The van der Waals surface area contributed by atoms with Crippen molar-refractivity contribution < 1.29 is 14.3 Å². The van der Waals surface area contributed by atoms with Gasteiger partial charge in [-0.1, -0.05) is 24.3 Å². The Morgan fingerprint density at radius 3 is 3.05 bits per heavy atom. The van der Waals surface area contributed by atoms with Crippen molar-refractivity contribution in [3.63, 3.8) is 0 Å². The minimum absolute atomic E-state index is 0.0800. The molecule has 0 amide bonds. The first-order valence-corrected chi connectivity index (χ1v) is 6.52. The Hall–Kier alpha value is -2.20. The van der Waals surface area contributed by atoms with Crippen molar-refractivity contribution in [1.82, 2.24) is 4.98 Å². The molecule has 0 fully saturated rings. The van der Waals surface area contributed by atoms with Crippen molar-refractivity contribution in [1.29, 1.82) is 0 Å². The lowest BCUT2D eigenvalue weighted by atomic mass is 9.93. The number of nitrogens with zero attached hydrogens (tertiary/aromatic N) is 1. The number of carbonyl (C=O) groups excluding carboxylic acids is 1. The first-order chi connectivity index (χ1) is 9.79. The largest absolute Gasteiger partial charge is 0.495 e. The third-order valence-electron chi connectivity index (χ3n) is 3.46. The van der Waals surface area contributed by atoms with Gasteiger partial charge in [-0.25, -0.2) is 0 Å². The summed E-state index contributed by atoms with van der Waals surface area (Å²) in [5, 5.41) is 0. The van der Waals surface area contributed by atoms with E-state index in [2.05, 4.69) is 4.98 Å². The van der Waals surface area contributed by atoms with Gasteiger partial charge in [-0.05, 0) is 23.6 Å². The maximum atomic E-state index is 12.6. The number of ketones is 1. The number of carbonyl (C=O) groups is 1. The molecule has 1 aromatic heterocycles. The molecule has 2 aromatic rings. The Morgan fingerprint density at radius 2 is 2.20 bits per heavy atom. The number of ether oxygens (including phenoxy) is 2. The Bertz CT molecular complexity index is 639. The van der Waals surface area contributed by atoms with Crippen LogP contribution in [0.15, 0.2) is 42.7 Å². The van der Waals surface area contributed by atoms with Crippen molar-refractivity contribution in [3.05, 3.63) is 59.4 Å². The predicted octanol–water partition coefficient (Wildman–Crippen LogP) is 2.59. The van der Waals surface area contributed by atoms with E-state index in [4.69, 9.17) is 9.47 Å². The van der Waals surface area contributed by atoms with Crippen LogP contribution >= 0.6 is 0 Å². The van der Waals surface area contributed by atoms with Crippen molar-refractivity contribution in [2.24, 2.45) is 0 Å². The second-order valence-corrected chi connectivity index (χ2v) is 4.68. The fourth-order valence-electron chi connectivity index (χ4n) is 2.43. The van der Waals surface area contributed by atoms with Crippen molar-refractivity contribution in [3.8, 4) is 5.75 Å². The van der Waals surface area contributed by atoms with E-state index in [9.17, 15) is 4.79 Å². The molecule has 0 bridgehead atoms. The van der Waals surface area contributed by atoms with E-state index in [1.54, 1.807) is 25.6 Å². The zero-order chi connectivity index (χ0) is 13.9. The summed E-state index contributed by atoms with van der Waals surface area (Å²) in [7, 11) is 1.55. The highest BCUT2D eigenvalue weighted by molar-refractivity contribution is 6.00. The molecule has 20 heavy (non-hydrogen) atoms. The highest BCUT2D eigenvalue weighted by atomic mass is 16.5. The first-order valence-electron chi connectivity index (χ1n) is 6.52. The molecular weight excluding hydrogens is 254 g/mol. The van der Waals surface area contributed by atoms with Crippen molar-refractivity contribution in [2.45, 2.75) is 12.5 Å². The van der Waals surface area contributed by atoms with Crippen LogP contribution < -0.4 is 4.74 Å². The van der Waals surface area contributed by atoms with Crippen LogP contribution in [0.5, 0.6) is 5.75 Å². The monoisotopic (exact) mass is 269 g/mol. The summed E-state index contributed by atoms with van der Waals surface area (Å²) in [5.74, 6) is 0.489. The third kappa shape index (κ3) is 2.30. The summed E-state index contributed by atoms with van der Waals surface area (Å²) >= 11 is 0. The van der Waals surface area contributed by atoms with Gasteiger partial charge in [-0.2, -0.15) is 0 Å². The number of Topliss-reactive ketones (excluding diaryl/α,β-unsaturated/α-hetero) is 1. The highest BCUT2D eigenvalue weighted by Crippen LogP contribution is 2.30. The molecular formula is C16H15NO3. The van der Waals surface area contributed by atoms with Gasteiger partial charge in [-0.15, -0.1) is 0 Å². The van der Waals surface area contributed by atoms with E-state index in [1.165, 1.54) is 5.56 Å². The molecule has 1 atom stereocenters. The quantitative estimate of drug-likeness (QED) is 0.804. The van der Waals surface area contributed by atoms with Crippen LogP contribution in [0.1, 0.15) is 27.6 Å². The number of benzene rings is 1.